The topological polar surface area (TPSA) is 49.7 Å². The van der Waals surface area contributed by atoms with E-state index in [9.17, 15) is 10.2 Å². The summed E-state index contributed by atoms with van der Waals surface area (Å²) in [6, 6.07) is 21.4. The summed E-state index contributed by atoms with van der Waals surface area (Å²) in [5, 5.41) is 22.7. The molecular formula is C27H36O3Si. The minimum absolute atomic E-state index is 0.0592. The van der Waals surface area contributed by atoms with E-state index in [1.54, 1.807) is 0 Å². The second-order valence-electron chi connectivity index (χ2n) is 10.3. The normalized spacial score (nSPS) is 27.6. The molecule has 2 aliphatic rings. The number of hydrogen-bond donors (Lipinski definition) is 2. The molecule has 0 radical (unpaired) electrons. The van der Waals surface area contributed by atoms with Gasteiger partial charge in [-0.05, 0) is 46.5 Å². The van der Waals surface area contributed by atoms with Gasteiger partial charge >= 0.3 is 0 Å². The molecule has 166 valence electrons. The average molecular weight is 437 g/mol. The van der Waals surface area contributed by atoms with Crippen molar-refractivity contribution in [3.05, 3.63) is 72.3 Å². The van der Waals surface area contributed by atoms with Gasteiger partial charge in [-0.15, -0.1) is 0 Å². The number of aliphatic hydroxyl groups is 2. The van der Waals surface area contributed by atoms with E-state index in [1.807, 2.05) is 6.08 Å². The van der Waals surface area contributed by atoms with Gasteiger partial charge in [-0.1, -0.05) is 93.1 Å². The zero-order valence-corrected chi connectivity index (χ0v) is 20.0. The Bertz CT molecular complexity index is 848. The lowest BCUT2D eigenvalue weighted by Crippen LogP contribution is -2.67. The van der Waals surface area contributed by atoms with E-state index < -0.39 is 8.32 Å². The molecule has 0 spiro atoms. The van der Waals surface area contributed by atoms with E-state index >= 15 is 0 Å². The molecule has 0 amide bonds. The summed E-state index contributed by atoms with van der Waals surface area (Å²) in [6.07, 6.45) is 4.51. The number of aliphatic hydroxyl groups excluding tert-OH is 2. The highest BCUT2D eigenvalue weighted by molar-refractivity contribution is 6.99. The van der Waals surface area contributed by atoms with E-state index in [0.717, 1.165) is 19.3 Å². The molecule has 2 fully saturated rings. The van der Waals surface area contributed by atoms with Crippen molar-refractivity contribution in [2.24, 2.45) is 17.8 Å². The van der Waals surface area contributed by atoms with Gasteiger partial charge in [0.15, 0.2) is 0 Å². The summed E-state index contributed by atoms with van der Waals surface area (Å²) in [5.41, 5.74) is 1.35. The Hall–Kier alpha value is -1.72. The lowest BCUT2D eigenvalue weighted by Gasteiger charge is -2.44. The number of benzene rings is 2. The first-order valence-corrected chi connectivity index (χ1v) is 13.5. The molecule has 0 unspecified atom stereocenters. The number of allylic oxidation sites excluding steroid dienone is 1. The largest absolute Gasteiger partial charge is 0.407 e. The highest BCUT2D eigenvalue weighted by atomic mass is 28.4. The van der Waals surface area contributed by atoms with Crippen molar-refractivity contribution in [1.29, 1.82) is 0 Å². The van der Waals surface area contributed by atoms with Gasteiger partial charge in [-0.3, -0.25) is 0 Å². The fourth-order valence-corrected chi connectivity index (χ4v) is 10.7. The zero-order chi connectivity index (χ0) is 22.1. The summed E-state index contributed by atoms with van der Waals surface area (Å²) >= 11 is 0. The molecular weight excluding hydrogens is 400 g/mol. The van der Waals surface area contributed by atoms with E-state index in [1.165, 1.54) is 15.9 Å². The van der Waals surface area contributed by atoms with E-state index in [4.69, 9.17) is 4.43 Å². The van der Waals surface area contributed by atoms with Gasteiger partial charge in [0, 0.05) is 12.5 Å². The number of rotatable bonds is 6. The van der Waals surface area contributed by atoms with Crippen LogP contribution in [0.4, 0.5) is 0 Å². The molecule has 3 nitrogen and oxygen atoms in total. The Kier molecular flexibility index (Phi) is 6.54. The number of hydrogen-bond acceptors (Lipinski definition) is 3. The van der Waals surface area contributed by atoms with Crippen molar-refractivity contribution in [2.75, 3.05) is 13.2 Å². The Morgan fingerprint density at radius 1 is 0.968 bits per heavy atom. The van der Waals surface area contributed by atoms with Crippen molar-refractivity contribution in [2.45, 2.75) is 51.2 Å². The summed E-state index contributed by atoms with van der Waals surface area (Å²) < 4.78 is 7.13. The molecule has 4 atom stereocenters. The Balaban J connectivity index is 1.68. The minimum Gasteiger partial charge on any atom is -0.407 e. The summed E-state index contributed by atoms with van der Waals surface area (Å²) in [4.78, 5) is 0. The maximum absolute atomic E-state index is 10.9. The van der Waals surface area contributed by atoms with Gasteiger partial charge in [0.05, 0.1) is 12.7 Å². The minimum atomic E-state index is -2.59. The molecule has 2 aromatic rings. The van der Waals surface area contributed by atoms with Crippen LogP contribution in [0.5, 0.6) is 0 Å². The molecule has 2 N–H and O–H groups in total. The fourth-order valence-electron chi connectivity index (χ4n) is 6.08. The fraction of sp³-hybridized carbons (Fsp3) is 0.481. The third-order valence-corrected chi connectivity index (χ3v) is 12.5. The molecule has 2 aromatic carbocycles. The average Bonchev–Trinajstić information content (AvgIpc) is 3.26. The van der Waals surface area contributed by atoms with E-state index in [-0.39, 0.29) is 23.7 Å². The van der Waals surface area contributed by atoms with Crippen LogP contribution in [0.3, 0.4) is 0 Å². The molecule has 0 aliphatic heterocycles. The second kappa shape index (κ2) is 9.03. The summed E-state index contributed by atoms with van der Waals surface area (Å²) in [5.74, 6) is 1.11. The van der Waals surface area contributed by atoms with Gasteiger partial charge in [0.1, 0.15) is 0 Å². The maximum atomic E-state index is 10.9. The lowest BCUT2D eigenvalue weighted by molar-refractivity contribution is 0.0774. The first-order chi connectivity index (χ1) is 14.9. The van der Waals surface area contributed by atoms with E-state index in [2.05, 4.69) is 81.4 Å². The van der Waals surface area contributed by atoms with Crippen LogP contribution in [0.25, 0.3) is 0 Å². The summed E-state index contributed by atoms with van der Waals surface area (Å²) in [6.45, 7) is 7.59. The van der Waals surface area contributed by atoms with Gasteiger partial charge < -0.3 is 14.6 Å². The smallest absolute Gasteiger partial charge is 0.261 e. The second-order valence-corrected chi connectivity index (χ2v) is 14.6. The molecule has 4 heteroatoms. The monoisotopic (exact) mass is 436 g/mol. The van der Waals surface area contributed by atoms with Crippen LogP contribution in [-0.2, 0) is 4.43 Å². The molecule has 0 aromatic heterocycles. The third kappa shape index (κ3) is 4.19. The molecule has 0 heterocycles. The molecule has 4 rings (SSSR count). The van der Waals surface area contributed by atoms with E-state index in [0.29, 0.717) is 18.4 Å². The maximum Gasteiger partial charge on any atom is 0.261 e. The molecule has 2 saturated carbocycles. The Morgan fingerprint density at radius 3 is 2.06 bits per heavy atom. The third-order valence-electron chi connectivity index (χ3n) is 7.51. The standard InChI is InChI=1S/C27H36O3Si/c1-27(2,3)31(22-10-6-4-7-11-22,23-12-8-5-9-13-23)30-19-25-24-17-20(14-15-28)16-21(24)18-26(25)29/h4-14,21,24-26,28-29H,15-19H2,1-3H3/t21-,24-,25-,26+/m0/s1. The lowest BCUT2D eigenvalue weighted by atomic mass is 9.92. The molecule has 0 saturated heterocycles. The van der Waals surface area contributed by atoms with Crippen LogP contribution >= 0.6 is 0 Å². The highest BCUT2D eigenvalue weighted by Crippen LogP contribution is 2.50. The number of fused-ring (bicyclic) bond motifs is 1. The first kappa shape index (κ1) is 22.5. The Morgan fingerprint density at radius 2 is 1.55 bits per heavy atom. The predicted molar refractivity (Wildman–Crippen MR) is 129 cm³/mol. The van der Waals surface area contributed by atoms with Crippen molar-refractivity contribution >= 4 is 18.7 Å². The molecule has 0 bridgehead atoms. The van der Waals surface area contributed by atoms with Crippen molar-refractivity contribution in [1.82, 2.24) is 0 Å². The van der Waals surface area contributed by atoms with Crippen molar-refractivity contribution in [3.63, 3.8) is 0 Å². The van der Waals surface area contributed by atoms with Crippen LogP contribution in [0.15, 0.2) is 72.3 Å². The van der Waals surface area contributed by atoms with Crippen molar-refractivity contribution < 1.29 is 14.6 Å². The Labute approximate surface area is 187 Å². The molecule has 31 heavy (non-hydrogen) atoms. The van der Waals surface area contributed by atoms with Crippen molar-refractivity contribution in [3.8, 4) is 0 Å². The highest BCUT2D eigenvalue weighted by Gasteiger charge is 2.52. The van der Waals surface area contributed by atoms with Gasteiger partial charge in [-0.2, -0.15) is 0 Å². The zero-order valence-electron chi connectivity index (χ0n) is 19.0. The summed E-state index contributed by atoms with van der Waals surface area (Å²) in [7, 11) is -2.59. The van der Waals surface area contributed by atoms with Crippen LogP contribution in [0, 0.1) is 17.8 Å². The van der Waals surface area contributed by atoms with Crippen LogP contribution in [0.2, 0.25) is 5.04 Å². The molecule has 2 aliphatic carbocycles. The quantitative estimate of drug-likeness (QED) is 0.534. The first-order valence-electron chi connectivity index (χ1n) is 11.6. The SMILES string of the molecule is CC(C)(C)[Si](OC[C@H]1[C@H]2CC(=CCO)C[C@H]2C[C@H]1O)(c1ccccc1)c1ccccc1. The van der Waals surface area contributed by atoms with Crippen LogP contribution < -0.4 is 10.4 Å². The van der Waals surface area contributed by atoms with Gasteiger partial charge in [-0.25, -0.2) is 0 Å². The van der Waals surface area contributed by atoms with Gasteiger partial charge in [0.25, 0.3) is 8.32 Å². The van der Waals surface area contributed by atoms with Crippen LogP contribution in [0.1, 0.15) is 40.0 Å². The van der Waals surface area contributed by atoms with Gasteiger partial charge in [0.2, 0.25) is 0 Å². The van der Waals surface area contributed by atoms with Crippen LogP contribution in [-0.4, -0.2) is 37.8 Å². The predicted octanol–water partition coefficient (Wildman–Crippen LogP) is 3.89.